The zero-order chi connectivity index (χ0) is 25.8. The van der Waals surface area contributed by atoms with Crippen LogP contribution in [0.1, 0.15) is 30.4 Å². The summed E-state index contributed by atoms with van der Waals surface area (Å²) in [4.78, 5) is 4.36. The Balaban J connectivity index is 1.58. The quantitative estimate of drug-likeness (QED) is 0.295. The standard InChI is InChI=1S/C28H26FN2O/c1-17(2)14-21-15-19(8-11-24(21)29)20-9-12-25(31(4)16-20)26-18(3)7-10-22-23-6-5-13-30-28(23)32-27(22)26/h5-13,15-17H,14H2,1-4H3/q+1/i1D3,17D. The van der Waals surface area contributed by atoms with Crippen molar-refractivity contribution in [2.75, 3.05) is 0 Å². The molecule has 0 N–H and O–H groups in total. The minimum atomic E-state index is -2.52. The second-order valence-electron chi connectivity index (χ2n) is 8.27. The van der Waals surface area contributed by atoms with E-state index in [0.717, 1.165) is 44.3 Å². The van der Waals surface area contributed by atoms with Gasteiger partial charge in [-0.1, -0.05) is 32.0 Å². The second kappa shape index (κ2) is 7.86. The molecule has 1 unspecified atom stereocenters. The van der Waals surface area contributed by atoms with Gasteiger partial charge < -0.3 is 4.42 Å². The van der Waals surface area contributed by atoms with E-state index >= 15 is 0 Å². The van der Waals surface area contributed by atoms with Gasteiger partial charge in [-0.05, 0) is 66.3 Å². The van der Waals surface area contributed by atoms with Gasteiger partial charge in [-0.15, -0.1) is 0 Å². The third-order valence-electron chi connectivity index (χ3n) is 5.85. The monoisotopic (exact) mass is 429 g/mol. The van der Waals surface area contributed by atoms with E-state index in [9.17, 15) is 4.39 Å². The van der Waals surface area contributed by atoms with Crippen LogP contribution in [0.4, 0.5) is 4.39 Å². The highest BCUT2D eigenvalue weighted by atomic mass is 19.1. The van der Waals surface area contributed by atoms with Gasteiger partial charge in [0.15, 0.2) is 11.8 Å². The fraction of sp³-hybridized carbons (Fsp3) is 0.214. The first-order chi connectivity index (χ1) is 17.0. The second-order valence-corrected chi connectivity index (χ2v) is 8.27. The highest BCUT2D eigenvalue weighted by Gasteiger charge is 2.21. The van der Waals surface area contributed by atoms with Gasteiger partial charge in [0.2, 0.25) is 11.4 Å². The lowest BCUT2D eigenvalue weighted by Crippen LogP contribution is -2.31. The molecule has 3 aromatic heterocycles. The van der Waals surface area contributed by atoms with E-state index in [4.69, 9.17) is 9.90 Å². The van der Waals surface area contributed by atoms with E-state index in [1.54, 1.807) is 18.3 Å². The summed E-state index contributed by atoms with van der Waals surface area (Å²) in [6.07, 6.45) is 3.45. The van der Waals surface area contributed by atoms with Gasteiger partial charge in [0.1, 0.15) is 12.9 Å². The molecule has 1 atom stereocenters. The molecule has 3 nitrogen and oxygen atoms in total. The predicted octanol–water partition coefficient (Wildman–Crippen LogP) is 6.79. The smallest absolute Gasteiger partial charge is 0.227 e. The molecule has 0 spiro atoms. The number of aryl methyl sites for hydroxylation is 2. The van der Waals surface area contributed by atoms with E-state index in [-0.39, 0.29) is 12.0 Å². The number of hydrogen-bond acceptors (Lipinski definition) is 2. The van der Waals surface area contributed by atoms with Crippen molar-refractivity contribution in [3.8, 4) is 22.4 Å². The number of furan rings is 1. The Bertz CT molecular complexity index is 1620. The zero-order valence-corrected chi connectivity index (χ0v) is 18.2. The fourth-order valence-electron chi connectivity index (χ4n) is 4.30. The Morgan fingerprint density at radius 3 is 2.78 bits per heavy atom. The predicted molar refractivity (Wildman–Crippen MR) is 127 cm³/mol. The van der Waals surface area contributed by atoms with Gasteiger partial charge in [-0.25, -0.2) is 13.9 Å². The van der Waals surface area contributed by atoms with Crippen molar-refractivity contribution in [2.24, 2.45) is 12.9 Å². The number of halogens is 1. The normalized spacial score (nSPS) is 15.8. The minimum Gasteiger partial charge on any atom is -0.437 e. The number of benzene rings is 2. The molecule has 5 rings (SSSR count). The van der Waals surface area contributed by atoms with Gasteiger partial charge in [-0.3, -0.25) is 0 Å². The summed E-state index contributed by atoms with van der Waals surface area (Å²) in [7, 11) is 1.94. The van der Waals surface area contributed by atoms with Crippen LogP contribution in [-0.4, -0.2) is 4.98 Å². The fourth-order valence-corrected chi connectivity index (χ4v) is 4.30. The lowest BCUT2D eigenvalue weighted by Gasteiger charge is -2.10. The first-order valence-corrected chi connectivity index (χ1v) is 10.5. The molecule has 2 aromatic carbocycles. The summed E-state index contributed by atoms with van der Waals surface area (Å²) in [5.74, 6) is -2.30. The van der Waals surface area contributed by atoms with Crippen LogP contribution in [-0.2, 0) is 13.5 Å². The minimum absolute atomic E-state index is 0.211. The van der Waals surface area contributed by atoms with Crippen LogP contribution < -0.4 is 4.57 Å². The molecule has 0 fully saturated rings. The van der Waals surface area contributed by atoms with E-state index in [2.05, 4.69) is 17.1 Å². The van der Waals surface area contributed by atoms with E-state index in [1.807, 2.05) is 49.0 Å². The maximum atomic E-state index is 14.6. The van der Waals surface area contributed by atoms with Crippen LogP contribution in [0, 0.1) is 18.6 Å². The summed E-state index contributed by atoms with van der Waals surface area (Å²) in [6, 6.07) is 16.6. The Kier molecular flexibility index (Phi) is 3.97. The number of aromatic nitrogens is 2. The molecular formula is C28H26FN2O+. The van der Waals surface area contributed by atoms with E-state index in [1.165, 1.54) is 13.0 Å². The molecular weight excluding hydrogens is 399 g/mol. The van der Waals surface area contributed by atoms with Crippen molar-refractivity contribution in [1.29, 1.82) is 0 Å². The Morgan fingerprint density at radius 2 is 1.97 bits per heavy atom. The number of hydrogen-bond donors (Lipinski definition) is 0. The Hall–Kier alpha value is -3.53. The van der Waals surface area contributed by atoms with Crippen molar-refractivity contribution in [3.63, 3.8) is 0 Å². The van der Waals surface area contributed by atoms with Gasteiger partial charge in [0, 0.05) is 34.1 Å². The van der Waals surface area contributed by atoms with Gasteiger partial charge in [0.25, 0.3) is 0 Å². The molecule has 0 amide bonds. The Labute approximate surface area is 192 Å². The van der Waals surface area contributed by atoms with Crippen LogP contribution in [0.2, 0.25) is 0 Å². The molecule has 3 heterocycles. The maximum absolute atomic E-state index is 14.6. The van der Waals surface area contributed by atoms with Gasteiger partial charge >= 0.3 is 0 Å². The topological polar surface area (TPSA) is 29.9 Å². The van der Waals surface area contributed by atoms with E-state index in [0.29, 0.717) is 5.71 Å². The van der Waals surface area contributed by atoms with Crippen LogP contribution in [0.3, 0.4) is 0 Å². The van der Waals surface area contributed by atoms with Crippen molar-refractivity contribution in [2.45, 2.75) is 27.1 Å². The first kappa shape index (κ1) is 16.2. The Morgan fingerprint density at radius 1 is 1.12 bits per heavy atom. The molecule has 0 bridgehead atoms. The largest absolute Gasteiger partial charge is 0.437 e. The van der Waals surface area contributed by atoms with Gasteiger partial charge in [-0.2, -0.15) is 0 Å². The van der Waals surface area contributed by atoms with Crippen LogP contribution in [0.25, 0.3) is 44.5 Å². The lowest BCUT2D eigenvalue weighted by atomic mass is 9.97. The van der Waals surface area contributed by atoms with Crippen LogP contribution >= 0.6 is 0 Å². The van der Waals surface area contributed by atoms with Crippen molar-refractivity contribution >= 4 is 22.1 Å². The molecule has 4 heteroatoms. The SMILES string of the molecule is [2H]C([2H])([2H])C([2H])(C)Cc1cc(-c2ccc(-c3c(C)ccc4c3oc3ncccc34)[n+](C)c2)ccc1F. The molecule has 32 heavy (non-hydrogen) atoms. The van der Waals surface area contributed by atoms with Crippen molar-refractivity contribution in [3.05, 3.63) is 83.9 Å². The van der Waals surface area contributed by atoms with Crippen LogP contribution in [0.15, 0.2) is 71.4 Å². The zero-order valence-electron chi connectivity index (χ0n) is 22.2. The lowest BCUT2D eigenvalue weighted by molar-refractivity contribution is -0.659. The number of nitrogens with zero attached hydrogens (tertiary/aromatic N) is 2. The number of rotatable bonds is 4. The average molecular weight is 430 g/mol. The summed E-state index contributed by atoms with van der Waals surface area (Å²) in [6.45, 7) is 0.838. The van der Waals surface area contributed by atoms with Crippen molar-refractivity contribution < 1.29 is 18.9 Å². The summed E-state index contributed by atoms with van der Waals surface area (Å²) >= 11 is 0. The summed E-state index contributed by atoms with van der Waals surface area (Å²) in [5, 5.41) is 1.96. The van der Waals surface area contributed by atoms with Crippen molar-refractivity contribution in [1.82, 2.24) is 4.98 Å². The molecule has 0 aliphatic rings. The average Bonchev–Trinajstić information content (AvgIpc) is 3.18. The molecule has 0 saturated carbocycles. The third kappa shape index (κ3) is 3.46. The first-order valence-electron chi connectivity index (χ1n) is 12.5. The number of fused-ring (bicyclic) bond motifs is 3. The van der Waals surface area contributed by atoms with E-state index < -0.39 is 18.6 Å². The highest BCUT2D eigenvalue weighted by Crippen LogP contribution is 2.36. The molecule has 0 aliphatic carbocycles. The molecule has 0 saturated heterocycles. The molecule has 0 aliphatic heterocycles. The van der Waals surface area contributed by atoms with Gasteiger partial charge in [0.05, 0.1) is 5.56 Å². The third-order valence-corrected chi connectivity index (χ3v) is 5.85. The maximum Gasteiger partial charge on any atom is 0.227 e. The van der Waals surface area contributed by atoms with Crippen LogP contribution in [0.5, 0.6) is 0 Å². The molecule has 5 aromatic rings. The summed E-state index contributed by atoms with van der Waals surface area (Å²) in [5.41, 5.74) is 6.16. The highest BCUT2D eigenvalue weighted by molar-refractivity contribution is 6.08. The number of pyridine rings is 2. The summed E-state index contributed by atoms with van der Waals surface area (Å²) < 4.78 is 53.8. The molecule has 160 valence electrons. The molecule has 0 radical (unpaired) electrons.